The van der Waals surface area contributed by atoms with Crippen LogP contribution in [0, 0.1) is 0 Å². The van der Waals surface area contributed by atoms with E-state index in [1.54, 1.807) is 23.5 Å². The van der Waals surface area contributed by atoms with Gasteiger partial charge in [0.2, 0.25) is 0 Å². The van der Waals surface area contributed by atoms with Crippen molar-refractivity contribution >= 4 is 22.9 Å². The van der Waals surface area contributed by atoms with E-state index in [0.29, 0.717) is 11.6 Å². The summed E-state index contributed by atoms with van der Waals surface area (Å²) in [6.07, 6.45) is -0.510. The van der Waals surface area contributed by atoms with Crippen LogP contribution in [-0.4, -0.2) is 11.7 Å². The summed E-state index contributed by atoms with van der Waals surface area (Å²) in [5, 5.41) is 16.1. The molecule has 0 radical (unpaired) electrons. The van der Waals surface area contributed by atoms with Gasteiger partial charge in [-0.3, -0.25) is 0 Å². The van der Waals surface area contributed by atoms with Crippen molar-refractivity contribution in [1.29, 1.82) is 0 Å². The Labute approximate surface area is 116 Å². The molecule has 0 bridgehead atoms. The molecule has 2 N–H and O–H groups in total. The Morgan fingerprint density at radius 1 is 1.28 bits per heavy atom. The zero-order chi connectivity index (χ0) is 13.0. The summed E-state index contributed by atoms with van der Waals surface area (Å²) in [6, 6.07) is 11.7. The summed E-state index contributed by atoms with van der Waals surface area (Å²) in [5.74, 6) is 0. The quantitative estimate of drug-likeness (QED) is 0.874. The predicted molar refractivity (Wildman–Crippen MR) is 77.1 cm³/mol. The number of hydrogen-bond acceptors (Lipinski definition) is 3. The number of halogens is 1. The van der Waals surface area contributed by atoms with Crippen molar-refractivity contribution in [3.8, 4) is 0 Å². The van der Waals surface area contributed by atoms with Gasteiger partial charge in [0, 0.05) is 22.5 Å². The maximum absolute atomic E-state index is 10.1. The first-order chi connectivity index (χ1) is 8.66. The summed E-state index contributed by atoms with van der Waals surface area (Å²) in [6.45, 7) is 2.63. The van der Waals surface area contributed by atoms with Crippen LogP contribution in [0.1, 0.15) is 29.5 Å². The molecule has 1 aromatic carbocycles. The number of thiophene rings is 1. The molecule has 2 atom stereocenters. The summed E-state index contributed by atoms with van der Waals surface area (Å²) in [7, 11) is 0. The van der Waals surface area contributed by atoms with E-state index in [0.717, 1.165) is 5.56 Å². The lowest BCUT2D eigenvalue weighted by Gasteiger charge is -2.16. The number of benzene rings is 1. The lowest BCUT2D eigenvalue weighted by atomic mass is 10.1. The van der Waals surface area contributed by atoms with Crippen molar-refractivity contribution in [1.82, 2.24) is 5.32 Å². The molecule has 0 aliphatic heterocycles. The summed E-state index contributed by atoms with van der Waals surface area (Å²) < 4.78 is 0. The molecule has 2 nitrogen and oxygen atoms in total. The van der Waals surface area contributed by atoms with Gasteiger partial charge in [0.15, 0.2) is 0 Å². The Bertz CT molecular complexity index is 469. The summed E-state index contributed by atoms with van der Waals surface area (Å²) in [5.41, 5.74) is 0.880. The number of aliphatic hydroxyl groups is 1. The van der Waals surface area contributed by atoms with Gasteiger partial charge < -0.3 is 10.4 Å². The molecule has 0 spiro atoms. The van der Waals surface area contributed by atoms with E-state index in [9.17, 15) is 5.11 Å². The van der Waals surface area contributed by atoms with Crippen LogP contribution in [0.3, 0.4) is 0 Å². The molecule has 0 aliphatic carbocycles. The summed E-state index contributed by atoms with van der Waals surface area (Å²) in [4.78, 5) is 1.28. The number of hydrogen-bond donors (Lipinski definition) is 2. The Hall–Kier alpha value is -0.870. The standard InChI is InChI=1S/C14H16ClNOS/c1-10(14-3-2-8-18-14)16-9-13(17)11-4-6-12(15)7-5-11/h2-8,10,13,16-17H,9H2,1H3/t10-,13?/m0/s1. The molecule has 0 amide bonds. The van der Waals surface area contributed by atoms with Gasteiger partial charge in [0.05, 0.1) is 6.10 Å². The smallest absolute Gasteiger partial charge is 0.0914 e. The van der Waals surface area contributed by atoms with E-state index in [1.165, 1.54) is 4.88 Å². The van der Waals surface area contributed by atoms with Gasteiger partial charge in [-0.15, -0.1) is 11.3 Å². The molecule has 18 heavy (non-hydrogen) atoms. The van der Waals surface area contributed by atoms with Crippen LogP contribution in [0.5, 0.6) is 0 Å². The highest BCUT2D eigenvalue weighted by molar-refractivity contribution is 7.10. The van der Waals surface area contributed by atoms with Gasteiger partial charge in [0.25, 0.3) is 0 Å². The number of aliphatic hydroxyl groups excluding tert-OH is 1. The van der Waals surface area contributed by atoms with Crippen molar-refractivity contribution in [2.24, 2.45) is 0 Å². The minimum Gasteiger partial charge on any atom is -0.387 e. The molecule has 1 heterocycles. The topological polar surface area (TPSA) is 32.3 Å². The highest BCUT2D eigenvalue weighted by Gasteiger charge is 2.10. The van der Waals surface area contributed by atoms with Crippen molar-refractivity contribution < 1.29 is 5.11 Å². The van der Waals surface area contributed by atoms with E-state index >= 15 is 0 Å². The second-order valence-corrected chi connectivity index (χ2v) is 5.63. The van der Waals surface area contributed by atoms with Gasteiger partial charge in [-0.25, -0.2) is 0 Å². The van der Waals surface area contributed by atoms with Gasteiger partial charge >= 0.3 is 0 Å². The first-order valence-electron chi connectivity index (χ1n) is 5.87. The van der Waals surface area contributed by atoms with E-state index < -0.39 is 6.10 Å². The number of nitrogens with one attached hydrogen (secondary N) is 1. The monoisotopic (exact) mass is 281 g/mol. The van der Waals surface area contributed by atoms with Crippen molar-refractivity contribution in [3.05, 3.63) is 57.2 Å². The molecule has 4 heteroatoms. The minimum atomic E-state index is -0.510. The largest absolute Gasteiger partial charge is 0.387 e. The molecular weight excluding hydrogens is 266 g/mol. The van der Waals surface area contributed by atoms with Crippen LogP contribution in [-0.2, 0) is 0 Å². The maximum atomic E-state index is 10.1. The molecule has 1 unspecified atom stereocenters. The average molecular weight is 282 g/mol. The average Bonchev–Trinajstić information content (AvgIpc) is 2.90. The van der Waals surface area contributed by atoms with Gasteiger partial charge in [-0.2, -0.15) is 0 Å². The fourth-order valence-corrected chi connectivity index (χ4v) is 2.61. The second-order valence-electron chi connectivity index (χ2n) is 4.21. The van der Waals surface area contributed by atoms with Gasteiger partial charge in [0.1, 0.15) is 0 Å². The van der Waals surface area contributed by atoms with Gasteiger partial charge in [-0.1, -0.05) is 29.8 Å². The molecule has 1 aromatic heterocycles. The third-order valence-corrected chi connectivity index (χ3v) is 4.15. The Morgan fingerprint density at radius 2 is 2.00 bits per heavy atom. The SMILES string of the molecule is C[C@H](NCC(O)c1ccc(Cl)cc1)c1cccs1. The highest BCUT2D eigenvalue weighted by atomic mass is 35.5. The highest BCUT2D eigenvalue weighted by Crippen LogP contribution is 2.20. The number of rotatable bonds is 5. The van der Waals surface area contributed by atoms with Crippen LogP contribution in [0.25, 0.3) is 0 Å². The van der Waals surface area contributed by atoms with Crippen LogP contribution >= 0.6 is 22.9 Å². The zero-order valence-corrected chi connectivity index (χ0v) is 11.7. The van der Waals surface area contributed by atoms with E-state index in [2.05, 4.69) is 23.7 Å². The molecule has 0 aliphatic rings. The molecule has 2 rings (SSSR count). The van der Waals surface area contributed by atoms with Crippen LogP contribution in [0.2, 0.25) is 5.02 Å². The van der Waals surface area contributed by atoms with Crippen molar-refractivity contribution in [2.45, 2.75) is 19.1 Å². The molecular formula is C14H16ClNOS. The fraction of sp³-hybridized carbons (Fsp3) is 0.286. The van der Waals surface area contributed by atoms with Crippen molar-refractivity contribution in [3.63, 3.8) is 0 Å². The normalized spacial score (nSPS) is 14.4. The lowest BCUT2D eigenvalue weighted by Crippen LogP contribution is -2.24. The Morgan fingerprint density at radius 3 is 2.61 bits per heavy atom. The molecule has 0 saturated heterocycles. The van der Waals surface area contributed by atoms with E-state index in [4.69, 9.17) is 11.6 Å². The van der Waals surface area contributed by atoms with E-state index in [-0.39, 0.29) is 6.04 Å². The first-order valence-corrected chi connectivity index (χ1v) is 7.13. The van der Waals surface area contributed by atoms with E-state index in [1.807, 2.05) is 18.2 Å². The van der Waals surface area contributed by atoms with Crippen LogP contribution < -0.4 is 5.32 Å². The predicted octanol–water partition coefficient (Wildman–Crippen LogP) is 3.79. The molecule has 96 valence electrons. The first kappa shape index (κ1) is 13.6. The molecule has 2 aromatic rings. The Balaban J connectivity index is 1.88. The molecule has 0 fully saturated rings. The third-order valence-electron chi connectivity index (χ3n) is 2.84. The summed E-state index contributed by atoms with van der Waals surface area (Å²) >= 11 is 7.53. The minimum absolute atomic E-state index is 0.256. The van der Waals surface area contributed by atoms with Gasteiger partial charge in [-0.05, 0) is 36.1 Å². The van der Waals surface area contributed by atoms with Crippen LogP contribution in [0.4, 0.5) is 0 Å². The second kappa shape index (κ2) is 6.34. The maximum Gasteiger partial charge on any atom is 0.0914 e. The Kier molecular flexibility index (Phi) is 4.78. The lowest BCUT2D eigenvalue weighted by molar-refractivity contribution is 0.171. The fourth-order valence-electron chi connectivity index (χ4n) is 1.73. The van der Waals surface area contributed by atoms with Crippen molar-refractivity contribution in [2.75, 3.05) is 6.54 Å². The zero-order valence-electron chi connectivity index (χ0n) is 10.1. The molecule has 0 saturated carbocycles. The third kappa shape index (κ3) is 3.56. The van der Waals surface area contributed by atoms with Crippen LogP contribution in [0.15, 0.2) is 41.8 Å².